The molecule has 102 valence electrons. The third-order valence-electron chi connectivity index (χ3n) is 1.80. The first-order valence-corrected chi connectivity index (χ1v) is 9.82. The van der Waals surface area contributed by atoms with Gasteiger partial charge in [0.15, 0.2) is 0 Å². The van der Waals surface area contributed by atoms with E-state index in [1.807, 2.05) is 6.92 Å². The molecule has 1 aromatic rings. The van der Waals surface area contributed by atoms with E-state index in [4.69, 9.17) is 20.9 Å². The van der Waals surface area contributed by atoms with Crippen LogP contribution < -0.4 is 0 Å². The van der Waals surface area contributed by atoms with Crippen LogP contribution in [0.4, 0.5) is 4.39 Å². The maximum Gasteiger partial charge on any atom is 0.247 e. The fourth-order valence-electron chi connectivity index (χ4n) is 1.07. The van der Waals surface area contributed by atoms with Crippen LogP contribution in [0.15, 0.2) is 12.4 Å². The molecule has 0 aliphatic heterocycles. The Hall–Kier alpha value is -0.0700. The standard InChI is InChI=1S/C10H16FN2O2PS2/c1-3-5-18-16(17,14-4-2)15-7-9-6-10(11)13-8-12-9/h6,8H,3-5,7H2,1-2H3/t16-/m0/s1. The summed E-state index contributed by atoms with van der Waals surface area (Å²) in [5.41, 5.74) is -1.88. The Labute approximate surface area is 116 Å². The van der Waals surface area contributed by atoms with Crippen LogP contribution in [0.2, 0.25) is 0 Å². The summed E-state index contributed by atoms with van der Waals surface area (Å²) >= 11 is 6.91. The summed E-state index contributed by atoms with van der Waals surface area (Å²) < 4.78 is 24.0. The molecule has 0 amide bonds. The molecule has 0 aliphatic rings. The summed E-state index contributed by atoms with van der Waals surface area (Å²) in [6.45, 7) is 4.60. The molecule has 1 heterocycles. The molecule has 18 heavy (non-hydrogen) atoms. The lowest BCUT2D eigenvalue weighted by Crippen LogP contribution is -1.98. The molecule has 0 N–H and O–H groups in total. The van der Waals surface area contributed by atoms with E-state index in [1.165, 1.54) is 17.4 Å². The third-order valence-corrected chi connectivity index (χ3v) is 7.44. The van der Waals surface area contributed by atoms with Gasteiger partial charge in [-0.05, 0) is 25.2 Å². The Morgan fingerprint density at radius 1 is 1.39 bits per heavy atom. The number of hydrogen-bond donors (Lipinski definition) is 0. The van der Waals surface area contributed by atoms with E-state index in [1.54, 1.807) is 0 Å². The second kappa shape index (κ2) is 8.17. The average molecular weight is 310 g/mol. The smallest absolute Gasteiger partial charge is 0.247 e. The highest BCUT2D eigenvalue weighted by Crippen LogP contribution is 2.61. The molecular weight excluding hydrogens is 294 g/mol. The summed E-state index contributed by atoms with van der Waals surface area (Å²) in [5.74, 6) is 0.310. The van der Waals surface area contributed by atoms with Gasteiger partial charge in [-0.2, -0.15) is 4.39 Å². The highest BCUT2D eigenvalue weighted by Gasteiger charge is 2.19. The predicted molar refractivity (Wildman–Crippen MR) is 75.4 cm³/mol. The van der Waals surface area contributed by atoms with Crippen molar-refractivity contribution in [2.24, 2.45) is 0 Å². The van der Waals surface area contributed by atoms with Crippen molar-refractivity contribution in [3.63, 3.8) is 0 Å². The molecular formula is C10H16FN2O2PS2. The minimum Gasteiger partial charge on any atom is -0.322 e. The van der Waals surface area contributed by atoms with E-state index in [9.17, 15) is 4.39 Å². The maximum absolute atomic E-state index is 12.9. The van der Waals surface area contributed by atoms with Gasteiger partial charge in [0, 0.05) is 11.8 Å². The first-order chi connectivity index (χ1) is 8.59. The summed E-state index contributed by atoms with van der Waals surface area (Å²) in [5, 5.41) is 0. The molecule has 1 atom stereocenters. The van der Waals surface area contributed by atoms with Gasteiger partial charge < -0.3 is 9.05 Å². The van der Waals surface area contributed by atoms with Gasteiger partial charge in [-0.1, -0.05) is 18.3 Å². The fourth-order valence-corrected chi connectivity index (χ4v) is 5.59. The van der Waals surface area contributed by atoms with E-state index in [2.05, 4.69) is 16.9 Å². The number of halogens is 1. The highest BCUT2D eigenvalue weighted by atomic mass is 32.9. The molecule has 1 aromatic heterocycles. The molecule has 0 aliphatic carbocycles. The number of rotatable bonds is 8. The van der Waals surface area contributed by atoms with Crippen LogP contribution in [0.5, 0.6) is 0 Å². The third kappa shape index (κ3) is 5.71. The lowest BCUT2D eigenvalue weighted by atomic mass is 10.4. The first kappa shape index (κ1) is 16.0. The molecule has 4 nitrogen and oxygen atoms in total. The Morgan fingerprint density at radius 3 is 2.78 bits per heavy atom. The van der Waals surface area contributed by atoms with Gasteiger partial charge in [0.2, 0.25) is 11.6 Å². The van der Waals surface area contributed by atoms with Crippen LogP contribution in [-0.4, -0.2) is 22.3 Å². The van der Waals surface area contributed by atoms with E-state index in [-0.39, 0.29) is 6.61 Å². The van der Waals surface area contributed by atoms with E-state index in [0.29, 0.717) is 12.3 Å². The lowest BCUT2D eigenvalue weighted by molar-refractivity contribution is 0.258. The number of aromatic nitrogens is 2. The van der Waals surface area contributed by atoms with E-state index >= 15 is 0 Å². The minimum absolute atomic E-state index is 0.146. The predicted octanol–water partition coefficient (Wildman–Crippen LogP) is 3.54. The molecule has 0 saturated heterocycles. The van der Waals surface area contributed by atoms with Crippen molar-refractivity contribution in [3.8, 4) is 0 Å². The largest absolute Gasteiger partial charge is 0.322 e. The Kier molecular flexibility index (Phi) is 7.26. The molecule has 1 rings (SSSR count). The molecule has 0 aromatic carbocycles. The van der Waals surface area contributed by atoms with Gasteiger partial charge in [0.1, 0.15) is 6.33 Å². The van der Waals surface area contributed by atoms with Crippen molar-refractivity contribution in [3.05, 3.63) is 24.0 Å². The first-order valence-electron chi connectivity index (χ1n) is 5.59. The van der Waals surface area contributed by atoms with Crippen LogP contribution in [0.1, 0.15) is 26.0 Å². The quantitative estimate of drug-likeness (QED) is 0.540. The zero-order valence-electron chi connectivity index (χ0n) is 10.3. The minimum atomic E-state index is -2.35. The van der Waals surface area contributed by atoms with Gasteiger partial charge in [0.05, 0.1) is 18.9 Å². The fraction of sp³-hybridized carbons (Fsp3) is 0.600. The van der Waals surface area contributed by atoms with Crippen LogP contribution in [0.25, 0.3) is 0 Å². The van der Waals surface area contributed by atoms with Crippen LogP contribution in [0, 0.1) is 5.95 Å². The van der Waals surface area contributed by atoms with Gasteiger partial charge in [-0.15, -0.1) is 0 Å². The second-order valence-electron chi connectivity index (χ2n) is 3.30. The molecule has 0 unspecified atom stereocenters. The lowest BCUT2D eigenvalue weighted by Gasteiger charge is -2.20. The van der Waals surface area contributed by atoms with Crippen molar-refractivity contribution < 1.29 is 13.4 Å². The normalized spacial score (nSPS) is 14.4. The molecule has 0 fully saturated rings. The molecule has 0 saturated carbocycles. The highest BCUT2D eigenvalue weighted by molar-refractivity contribution is 8.67. The maximum atomic E-state index is 12.9. The van der Waals surface area contributed by atoms with Crippen LogP contribution >= 0.6 is 17.1 Å². The van der Waals surface area contributed by atoms with E-state index in [0.717, 1.165) is 18.5 Å². The zero-order valence-corrected chi connectivity index (χ0v) is 12.9. The van der Waals surface area contributed by atoms with Gasteiger partial charge >= 0.3 is 0 Å². The van der Waals surface area contributed by atoms with Crippen molar-refractivity contribution >= 4 is 28.9 Å². The summed E-state index contributed by atoms with van der Waals surface area (Å²) in [6.07, 6.45) is 2.17. The Bertz CT molecular complexity index is 423. The zero-order chi connectivity index (χ0) is 13.4. The molecule has 8 heteroatoms. The number of hydrogen-bond acceptors (Lipinski definition) is 6. The summed E-state index contributed by atoms with van der Waals surface area (Å²) in [4.78, 5) is 7.30. The van der Waals surface area contributed by atoms with Crippen molar-refractivity contribution in [2.75, 3.05) is 12.4 Å². The molecule has 0 spiro atoms. The second-order valence-corrected chi connectivity index (χ2v) is 9.73. The Morgan fingerprint density at radius 2 is 2.17 bits per heavy atom. The van der Waals surface area contributed by atoms with Crippen molar-refractivity contribution in [1.29, 1.82) is 0 Å². The average Bonchev–Trinajstić information content (AvgIpc) is 2.35. The SMILES string of the molecule is CCCS[P@@](=S)(OCC)OCc1cc(F)ncn1. The molecule has 0 radical (unpaired) electrons. The Balaban J connectivity index is 2.59. The van der Waals surface area contributed by atoms with Crippen molar-refractivity contribution in [2.45, 2.75) is 26.9 Å². The topological polar surface area (TPSA) is 44.2 Å². The van der Waals surface area contributed by atoms with Gasteiger partial charge in [-0.3, -0.25) is 0 Å². The van der Waals surface area contributed by atoms with Crippen molar-refractivity contribution in [1.82, 2.24) is 9.97 Å². The molecule has 0 bridgehead atoms. The summed E-state index contributed by atoms with van der Waals surface area (Å²) in [6, 6.07) is 1.23. The van der Waals surface area contributed by atoms with E-state index < -0.39 is 11.6 Å². The summed E-state index contributed by atoms with van der Waals surface area (Å²) in [7, 11) is 0. The van der Waals surface area contributed by atoms with Crippen LogP contribution in [0.3, 0.4) is 0 Å². The van der Waals surface area contributed by atoms with Gasteiger partial charge in [-0.25, -0.2) is 9.97 Å². The van der Waals surface area contributed by atoms with Crippen LogP contribution in [-0.2, 0) is 27.5 Å². The number of nitrogens with zero attached hydrogens (tertiary/aromatic N) is 2. The van der Waals surface area contributed by atoms with Gasteiger partial charge in [0.25, 0.3) is 0 Å². The monoisotopic (exact) mass is 310 g/mol.